The van der Waals surface area contributed by atoms with Gasteiger partial charge >= 0.3 is 0 Å². The van der Waals surface area contributed by atoms with E-state index >= 15 is 4.39 Å². The van der Waals surface area contributed by atoms with Gasteiger partial charge in [-0.25, -0.2) is 27.2 Å². The summed E-state index contributed by atoms with van der Waals surface area (Å²) in [6.07, 6.45) is 5.24. The molecule has 0 aliphatic carbocycles. The monoisotopic (exact) mass is 571 g/mol. The zero-order valence-electron chi connectivity index (χ0n) is 23.4. The molecule has 0 saturated carbocycles. The summed E-state index contributed by atoms with van der Waals surface area (Å²) in [7, 11) is -1.63. The summed E-state index contributed by atoms with van der Waals surface area (Å²) in [6.45, 7) is 8.71. The lowest BCUT2D eigenvalue weighted by Crippen LogP contribution is -2.42. The Morgan fingerprint density at radius 1 is 0.975 bits per heavy atom. The van der Waals surface area contributed by atoms with Crippen LogP contribution in [0.2, 0.25) is 0 Å². The number of nitrogens with zero attached hydrogens (tertiary/aromatic N) is 5. The van der Waals surface area contributed by atoms with Crippen molar-refractivity contribution >= 4 is 39.0 Å². The molecule has 3 aromatic rings. The molecule has 0 amide bonds. The average molecular weight is 572 g/mol. The number of aryl methyl sites for hydroxylation is 1. The van der Waals surface area contributed by atoms with E-state index in [0.717, 1.165) is 25.9 Å². The van der Waals surface area contributed by atoms with Gasteiger partial charge < -0.3 is 15.5 Å². The number of benzene rings is 1. The topological polar surface area (TPSA) is 103 Å². The molecule has 5 rings (SSSR count). The minimum Gasteiger partial charge on any atom is -0.340 e. The minimum atomic E-state index is -3.70. The van der Waals surface area contributed by atoms with Crippen molar-refractivity contribution in [3.63, 3.8) is 0 Å². The van der Waals surface area contributed by atoms with Crippen molar-refractivity contribution in [3.05, 3.63) is 58.9 Å². The van der Waals surface area contributed by atoms with Gasteiger partial charge in [-0.3, -0.25) is 4.31 Å². The second kappa shape index (κ2) is 10.5. The van der Waals surface area contributed by atoms with E-state index in [1.165, 1.54) is 16.4 Å². The maximum Gasteiger partial charge on any atom is 0.240 e. The number of anilines is 5. The number of likely N-dealkylation sites (tertiary alicyclic amines) is 1. The Kier molecular flexibility index (Phi) is 7.43. The highest BCUT2D eigenvalue weighted by molar-refractivity contribution is 7.94. The third-order valence-electron chi connectivity index (χ3n) is 7.58. The zero-order chi connectivity index (χ0) is 28.8. The molecule has 1 aromatic carbocycles. The molecule has 2 aliphatic rings. The lowest BCUT2D eigenvalue weighted by Gasteiger charge is -2.29. The molecule has 0 atom stereocenters. The van der Waals surface area contributed by atoms with Crippen LogP contribution >= 0.6 is 0 Å². The van der Waals surface area contributed by atoms with Crippen molar-refractivity contribution in [1.82, 2.24) is 19.9 Å². The number of rotatable bonds is 6. The molecule has 214 valence electrons. The second-order valence-corrected chi connectivity index (χ2v) is 14.2. The van der Waals surface area contributed by atoms with Crippen LogP contribution in [0.5, 0.6) is 0 Å². The molecule has 0 unspecified atom stereocenters. The van der Waals surface area contributed by atoms with E-state index in [4.69, 9.17) is 0 Å². The fourth-order valence-corrected chi connectivity index (χ4v) is 6.50. The van der Waals surface area contributed by atoms with E-state index in [9.17, 15) is 12.8 Å². The minimum absolute atomic E-state index is 0.145. The third kappa shape index (κ3) is 5.46. The Balaban J connectivity index is 1.36. The summed E-state index contributed by atoms with van der Waals surface area (Å²) in [6, 6.07) is 4.31. The molecule has 2 aliphatic heterocycles. The number of hydrogen-bond acceptors (Lipinski definition) is 8. The summed E-state index contributed by atoms with van der Waals surface area (Å²) >= 11 is 0. The number of hydrogen-bond donors (Lipinski definition) is 2. The molecule has 40 heavy (non-hydrogen) atoms. The van der Waals surface area contributed by atoms with Gasteiger partial charge in [0.25, 0.3) is 0 Å². The highest BCUT2D eigenvalue weighted by atomic mass is 32.2. The predicted molar refractivity (Wildman–Crippen MR) is 153 cm³/mol. The molecule has 0 spiro atoms. The average Bonchev–Trinajstić information content (AvgIpc) is 3.32. The third-order valence-corrected chi connectivity index (χ3v) is 10.1. The van der Waals surface area contributed by atoms with Gasteiger partial charge in [0.1, 0.15) is 23.3 Å². The maximum atomic E-state index is 15.1. The van der Waals surface area contributed by atoms with E-state index in [-0.39, 0.29) is 30.0 Å². The Morgan fingerprint density at radius 3 is 2.38 bits per heavy atom. The molecule has 12 heteroatoms. The first-order chi connectivity index (χ1) is 18.8. The van der Waals surface area contributed by atoms with Crippen molar-refractivity contribution in [3.8, 4) is 0 Å². The van der Waals surface area contributed by atoms with Crippen LogP contribution in [0.3, 0.4) is 0 Å². The van der Waals surface area contributed by atoms with Crippen molar-refractivity contribution in [2.75, 3.05) is 41.6 Å². The van der Waals surface area contributed by atoms with Gasteiger partial charge in [0.2, 0.25) is 16.0 Å². The van der Waals surface area contributed by atoms with Crippen LogP contribution in [-0.2, 0) is 16.4 Å². The lowest BCUT2D eigenvalue weighted by atomic mass is 9.90. The van der Waals surface area contributed by atoms with Crippen LogP contribution in [0.4, 0.5) is 37.7 Å². The summed E-state index contributed by atoms with van der Waals surface area (Å²) < 4.78 is 56.6. The van der Waals surface area contributed by atoms with Crippen molar-refractivity contribution in [2.24, 2.45) is 0 Å². The molecular formula is C28H35F2N7O2S. The fourth-order valence-electron chi connectivity index (χ4n) is 5.09. The van der Waals surface area contributed by atoms with E-state index in [1.807, 2.05) is 0 Å². The molecule has 4 heterocycles. The summed E-state index contributed by atoms with van der Waals surface area (Å²) in [5, 5.41) is 6.04. The number of pyridine rings is 1. The highest BCUT2D eigenvalue weighted by Crippen LogP contribution is 2.38. The summed E-state index contributed by atoms with van der Waals surface area (Å²) in [5.74, 6) is 0.192. The van der Waals surface area contributed by atoms with Crippen molar-refractivity contribution in [2.45, 2.75) is 57.6 Å². The van der Waals surface area contributed by atoms with E-state index in [2.05, 4.69) is 37.5 Å². The van der Waals surface area contributed by atoms with Crippen molar-refractivity contribution < 1.29 is 17.2 Å². The molecule has 1 fully saturated rings. The molecule has 2 N–H and O–H groups in total. The van der Waals surface area contributed by atoms with E-state index in [0.29, 0.717) is 40.3 Å². The van der Waals surface area contributed by atoms with Crippen LogP contribution in [-0.4, -0.2) is 59.7 Å². The van der Waals surface area contributed by atoms with Crippen LogP contribution < -0.4 is 14.9 Å². The molecule has 0 radical (unpaired) electrons. The van der Waals surface area contributed by atoms with Gasteiger partial charge in [0.05, 0.1) is 10.4 Å². The molecular weight excluding hydrogens is 536 g/mol. The predicted octanol–water partition coefficient (Wildman–Crippen LogP) is 5.25. The maximum absolute atomic E-state index is 15.1. The van der Waals surface area contributed by atoms with E-state index in [1.54, 1.807) is 46.2 Å². The number of nitrogens with one attached hydrogen (secondary N) is 2. The number of sulfonamides is 1. The van der Waals surface area contributed by atoms with Gasteiger partial charge in [-0.15, -0.1) is 0 Å². The molecule has 9 nitrogen and oxygen atoms in total. The van der Waals surface area contributed by atoms with Gasteiger partial charge in [-0.1, -0.05) is 0 Å². The lowest BCUT2D eigenvalue weighted by molar-refractivity contribution is 0.253. The number of aromatic nitrogens is 3. The van der Waals surface area contributed by atoms with Gasteiger partial charge in [0, 0.05) is 47.4 Å². The Labute approximate surface area is 234 Å². The Bertz CT molecular complexity index is 1530. The van der Waals surface area contributed by atoms with Gasteiger partial charge in [-0.05, 0) is 85.1 Å². The largest absolute Gasteiger partial charge is 0.340 e. The SMILES string of the molecule is Cc1cnc(Nc2cc(F)c(C3CCN(C)CC3)cn2)nc1Nc1cc(F)c2c(c1)N(S(=O)(=O)C(C)(C)C)CC2. The van der Waals surface area contributed by atoms with Crippen LogP contribution in [0.15, 0.2) is 30.6 Å². The van der Waals surface area contributed by atoms with Crippen LogP contribution in [0, 0.1) is 18.6 Å². The van der Waals surface area contributed by atoms with E-state index < -0.39 is 20.6 Å². The fraction of sp³-hybridized carbons (Fsp3) is 0.464. The standard InChI is InChI=1S/C28H35F2N7O2S/c1-17-15-32-27(34-25-14-23(30)21(16-31-25)18-6-9-36(5)10-7-18)35-26(17)33-19-12-22(29)20-8-11-37(24(20)13-19)40(38,39)28(2,3)4/h12-16,18H,6-11H2,1-5H3,(H2,31,32,33,34,35). The first kappa shape index (κ1) is 28.2. The molecule has 0 bridgehead atoms. The normalized spacial score (nSPS) is 16.7. The first-order valence-electron chi connectivity index (χ1n) is 13.4. The Hall–Kier alpha value is -3.38. The number of halogens is 2. The molecule has 1 saturated heterocycles. The first-order valence-corrected chi connectivity index (χ1v) is 14.8. The summed E-state index contributed by atoms with van der Waals surface area (Å²) in [4.78, 5) is 15.4. The Morgan fingerprint density at radius 2 is 1.70 bits per heavy atom. The molecule has 2 aromatic heterocycles. The zero-order valence-corrected chi connectivity index (χ0v) is 24.2. The quantitative estimate of drug-likeness (QED) is 0.414. The van der Waals surface area contributed by atoms with Crippen LogP contribution in [0.1, 0.15) is 56.2 Å². The van der Waals surface area contributed by atoms with Crippen LogP contribution in [0.25, 0.3) is 0 Å². The smallest absolute Gasteiger partial charge is 0.240 e. The number of piperidine rings is 1. The van der Waals surface area contributed by atoms with Gasteiger partial charge in [-0.2, -0.15) is 4.98 Å². The second-order valence-electron chi connectivity index (χ2n) is 11.5. The van der Waals surface area contributed by atoms with Crippen molar-refractivity contribution in [1.29, 1.82) is 0 Å². The summed E-state index contributed by atoms with van der Waals surface area (Å²) in [5.41, 5.74) is 2.35. The van der Waals surface area contributed by atoms with Gasteiger partial charge in [0.15, 0.2) is 0 Å². The highest BCUT2D eigenvalue weighted by Gasteiger charge is 2.39. The number of fused-ring (bicyclic) bond motifs is 1.